The van der Waals surface area contributed by atoms with Crippen molar-refractivity contribution in [2.45, 2.75) is 18.6 Å². The first-order chi connectivity index (χ1) is 8.72. The van der Waals surface area contributed by atoms with Crippen molar-refractivity contribution in [3.8, 4) is 0 Å². The number of rotatable bonds is 5. The van der Waals surface area contributed by atoms with Gasteiger partial charge in [-0.1, -0.05) is 5.11 Å². The van der Waals surface area contributed by atoms with Gasteiger partial charge in [0.25, 0.3) is 0 Å². The number of aliphatic hydroxyl groups excluding tert-OH is 2. The van der Waals surface area contributed by atoms with Gasteiger partial charge in [0.05, 0.1) is 17.8 Å². The van der Waals surface area contributed by atoms with Crippen LogP contribution in [0.3, 0.4) is 0 Å². The number of aromatic amines is 1. The molecule has 3 N–H and O–H groups in total. The number of hydrogen-bond donors (Lipinski definition) is 3. The fraction of sp³-hybridized carbons (Fsp3) is 0.400. The molecule has 0 bridgehead atoms. The van der Waals surface area contributed by atoms with Crippen LogP contribution in [0.2, 0.25) is 0 Å². The Hall–Kier alpha value is -2.15. The van der Waals surface area contributed by atoms with Crippen molar-refractivity contribution in [3.05, 3.63) is 34.5 Å². The minimum absolute atomic E-state index is 0.133. The highest BCUT2D eigenvalue weighted by Crippen LogP contribution is 2.20. The largest absolute Gasteiger partial charge is 0.390 e. The maximum absolute atomic E-state index is 9.93. The van der Waals surface area contributed by atoms with Gasteiger partial charge in [0.15, 0.2) is 0 Å². The molecule has 0 saturated carbocycles. The van der Waals surface area contributed by atoms with Crippen LogP contribution in [0, 0.1) is 0 Å². The second kappa shape index (κ2) is 5.46. The molecule has 0 aliphatic rings. The number of aliphatic hydroxyl groups is 2. The molecule has 0 radical (unpaired) electrons. The topological polar surface area (TPSA) is 131 Å². The van der Waals surface area contributed by atoms with Crippen molar-refractivity contribution in [1.82, 2.24) is 15.2 Å². The van der Waals surface area contributed by atoms with E-state index >= 15 is 0 Å². The van der Waals surface area contributed by atoms with Crippen molar-refractivity contribution in [2.24, 2.45) is 5.11 Å². The summed E-state index contributed by atoms with van der Waals surface area (Å²) in [5, 5.41) is 29.5. The molecule has 0 spiro atoms. The first-order valence-corrected chi connectivity index (χ1v) is 5.38. The molecule has 8 nitrogen and oxygen atoms in total. The van der Waals surface area contributed by atoms with Gasteiger partial charge < -0.3 is 10.2 Å². The zero-order chi connectivity index (χ0) is 13.0. The van der Waals surface area contributed by atoms with Crippen LogP contribution >= 0.6 is 0 Å². The molecule has 0 fully saturated rings. The zero-order valence-corrected chi connectivity index (χ0v) is 9.43. The smallest absolute Gasteiger partial charge is 0.108 e. The Labute approximate surface area is 102 Å². The van der Waals surface area contributed by atoms with Crippen LogP contribution < -0.4 is 0 Å². The number of nitrogens with zero attached hydrogens (tertiary/aromatic N) is 5. The van der Waals surface area contributed by atoms with Crippen molar-refractivity contribution >= 4 is 11.0 Å². The lowest BCUT2D eigenvalue weighted by molar-refractivity contribution is 0.0149. The summed E-state index contributed by atoms with van der Waals surface area (Å²) in [5.41, 5.74) is 9.99. The first kappa shape index (κ1) is 12.3. The van der Waals surface area contributed by atoms with Crippen molar-refractivity contribution in [2.75, 3.05) is 6.54 Å². The van der Waals surface area contributed by atoms with Gasteiger partial charge in [-0.2, -0.15) is 5.10 Å². The number of H-pyrrole nitrogens is 1. The highest BCUT2D eigenvalue weighted by atomic mass is 16.3. The van der Waals surface area contributed by atoms with Gasteiger partial charge in [-0.25, -0.2) is 0 Å². The Balaban J connectivity index is 2.11. The quantitative estimate of drug-likeness (QED) is 0.414. The maximum Gasteiger partial charge on any atom is 0.108 e. The molecule has 2 rings (SSSR count). The average Bonchev–Trinajstić information content (AvgIpc) is 2.85. The Bertz CT molecular complexity index is 577. The molecular formula is C10H12N6O2. The fourth-order valence-corrected chi connectivity index (χ4v) is 1.62. The van der Waals surface area contributed by atoms with E-state index in [1.54, 1.807) is 12.3 Å². The summed E-state index contributed by atoms with van der Waals surface area (Å²) in [4.78, 5) is 6.67. The number of hydrogen-bond acceptors (Lipinski definition) is 5. The molecule has 0 saturated heterocycles. The molecule has 2 unspecified atom stereocenters. The number of fused-ring (bicyclic) bond motifs is 1. The van der Waals surface area contributed by atoms with Crippen LogP contribution in [0.4, 0.5) is 0 Å². The summed E-state index contributed by atoms with van der Waals surface area (Å²) in [5.74, 6) is 0. The van der Waals surface area contributed by atoms with E-state index in [0.717, 1.165) is 0 Å². The molecule has 0 amide bonds. The Morgan fingerprint density at radius 1 is 1.44 bits per heavy atom. The third-order valence-corrected chi connectivity index (χ3v) is 2.61. The third-order valence-electron chi connectivity index (χ3n) is 2.61. The molecule has 94 valence electrons. The first-order valence-electron chi connectivity index (χ1n) is 5.38. The van der Waals surface area contributed by atoms with Crippen LogP contribution in [0.15, 0.2) is 23.6 Å². The molecule has 18 heavy (non-hydrogen) atoms. The highest BCUT2D eigenvalue weighted by molar-refractivity contribution is 5.73. The molecule has 0 aliphatic carbocycles. The number of nitrogens with one attached hydrogen (secondary N) is 1. The van der Waals surface area contributed by atoms with Gasteiger partial charge in [-0.05, 0) is 18.0 Å². The van der Waals surface area contributed by atoms with E-state index in [1.165, 1.54) is 6.20 Å². The second-order valence-electron chi connectivity index (χ2n) is 3.83. The molecule has 2 atom stereocenters. The maximum atomic E-state index is 9.93. The van der Waals surface area contributed by atoms with E-state index in [9.17, 15) is 10.2 Å². The highest BCUT2D eigenvalue weighted by Gasteiger charge is 2.18. The van der Waals surface area contributed by atoms with E-state index in [2.05, 4.69) is 25.2 Å². The fourth-order valence-electron chi connectivity index (χ4n) is 1.62. The minimum Gasteiger partial charge on any atom is -0.390 e. The Morgan fingerprint density at radius 3 is 3.06 bits per heavy atom. The Kier molecular flexibility index (Phi) is 3.73. The van der Waals surface area contributed by atoms with Gasteiger partial charge in [0.1, 0.15) is 11.6 Å². The average molecular weight is 248 g/mol. The Morgan fingerprint density at radius 2 is 2.28 bits per heavy atom. The van der Waals surface area contributed by atoms with Gasteiger partial charge in [-0.3, -0.25) is 10.1 Å². The molecule has 2 heterocycles. The lowest BCUT2D eigenvalue weighted by atomic mass is 10.0. The SMILES string of the molecule is [N-]=[N+]=NCCC(O)C(O)c1cnc2cn[nH]c2c1. The summed E-state index contributed by atoms with van der Waals surface area (Å²) in [6.07, 6.45) is 1.17. The van der Waals surface area contributed by atoms with Crippen LogP contribution in [0.25, 0.3) is 21.5 Å². The molecule has 0 aromatic carbocycles. The van der Waals surface area contributed by atoms with Crippen LogP contribution in [0.5, 0.6) is 0 Å². The van der Waals surface area contributed by atoms with E-state index < -0.39 is 12.2 Å². The van der Waals surface area contributed by atoms with Crippen LogP contribution in [-0.2, 0) is 0 Å². The summed E-state index contributed by atoms with van der Waals surface area (Å²) in [6.45, 7) is 0.133. The summed E-state index contributed by atoms with van der Waals surface area (Å²) < 4.78 is 0. The van der Waals surface area contributed by atoms with E-state index in [0.29, 0.717) is 16.6 Å². The molecule has 2 aromatic rings. The predicted octanol–water partition coefficient (Wildman–Crippen LogP) is 1.05. The molecular weight excluding hydrogens is 236 g/mol. The summed E-state index contributed by atoms with van der Waals surface area (Å²) >= 11 is 0. The molecule has 2 aromatic heterocycles. The monoisotopic (exact) mass is 248 g/mol. The van der Waals surface area contributed by atoms with Crippen LogP contribution in [0.1, 0.15) is 18.1 Å². The molecule has 0 aliphatic heterocycles. The van der Waals surface area contributed by atoms with Crippen molar-refractivity contribution < 1.29 is 10.2 Å². The zero-order valence-electron chi connectivity index (χ0n) is 9.43. The lowest BCUT2D eigenvalue weighted by Crippen LogP contribution is -2.19. The van der Waals surface area contributed by atoms with Gasteiger partial charge >= 0.3 is 0 Å². The standard InChI is InChI=1S/C10H12N6O2/c11-16-13-2-1-9(17)10(18)6-3-7-8(12-4-6)5-14-15-7/h3-5,9-10,17-18H,1-2H2,(H,14,15). The second-order valence-corrected chi connectivity index (χ2v) is 3.83. The predicted molar refractivity (Wildman–Crippen MR) is 63.5 cm³/mol. The van der Waals surface area contributed by atoms with Gasteiger partial charge in [0, 0.05) is 23.2 Å². The van der Waals surface area contributed by atoms with E-state index in [1.807, 2.05) is 0 Å². The van der Waals surface area contributed by atoms with Crippen molar-refractivity contribution in [3.63, 3.8) is 0 Å². The third kappa shape index (κ3) is 2.57. The van der Waals surface area contributed by atoms with Crippen molar-refractivity contribution in [1.29, 1.82) is 0 Å². The normalized spacial score (nSPS) is 14.1. The van der Waals surface area contributed by atoms with Crippen LogP contribution in [-0.4, -0.2) is 38.0 Å². The summed E-state index contributed by atoms with van der Waals surface area (Å²) in [6, 6.07) is 1.68. The summed E-state index contributed by atoms with van der Waals surface area (Å²) in [7, 11) is 0. The number of pyridine rings is 1. The lowest BCUT2D eigenvalue weighted by Gasteiger charge is -2.16. The molecule has 8 heteroatoms. The minimum atomic E-state index is -1.07. The van der Waals surface area contributed by atoms with Gasteiger partial charge in [-0.15, -0.1) is 0 Å². The number of aromatic nitrogens is 3. The van der Waals surface area contributed by atoms with E-state index in [4.69, 9.17) is 5.53 Å². The van der Waals surface area contributed by atoms with E-state index in [-0.39, 0.29) is 13.0 Å². The van der Waals surface area contributed by atoms with Gasteiger partial charge in [0.2, 0.25) is 0 Å². The number of azide groups is 1.